The zero-order chi connectivity index (χ0) is 18.2. The van der Waals surface area contributed by atoms with Crippen molar-refractivity contribution in [2.75, 3.05) is 7.11 Å². The molecule has 134 valence electrons. The van der Waals surface area contributed by atoms with Crippen molar-refractivity contribution in [2.45, 2.75) is 46.1 Å². The van der Waals surface area contributed by atoms with Crippen LogP contribution in [0.2, 0.25) is 0 Å². The van der Waals surface area contributed by atoms with Crippen LogP contribution in [0.4, 0.5) is 0 Å². The zero-order valence-electron chi connectivity index (χ0n) is 15.6. The van der Waals surface area contributed by atoms with Crippen LogP contribution in [0.3, 0.4) is 0 Å². The van der Waals surface area contributed by atoms with Gasteiger partial charge in [0, 0.05) is 0 Å². The maximum Gasteiger partial charge on any atom is 0.337 e. The molecule has 0 amide bonds. The number of benzene rings is 2. The molecular formula is C22H28O3. The van der Waals surface area contributed by atoms with E-state index in [2.05, 4.69) is 45.0 Å². The lowest BCUT2D eigenvalue weighted by Crippen LogP contribution is -2.08. The predicted molar refractivity (Wildman–Crippen MR) is 101 cm³/mol. The molecule has 25 heavy (non-hydrogen) atoms. The summed E-state index contributed by atoms with van der Waals surface area (Å²) in [5.74, 6) is 1.08. The van der Waals surface area contributed by atoms with Crippen LogP contribution in [0, 0.1) is 5.92 Å². The molecule has 0 fully saturated rings. The molecule has 0 spiro atoms. The lowest BCUT2D eigenvalue weighted by molar-refractivity contribution is 0.0600. The number of carbonyl (C=O) groups excluding carboxylic acids is 1. The number of hydrogen-bond acceptors (Lipinski definition) is 3. The van der Waals surface area contributed by atoms with Gasteiger partial charge in [0.05, 0.1) is 12.7 Å². The smallest absolute Gasteiger partial charge is 0.337 e. The number of rotatable bonds is 8. The summed E-state index contributed by atoms with van der Waals surface area (Å²) in [5.41, 5.74) is 3.07. The van der Waals surface area contributed by atoms with Crippen LogP contribution >= 0.6 is 0 Å². The highest BCUT2D eigenvalue weighted by Crippen LogP contribution is 2.27. The molecule has 3 nitrogen and oxygen atoms in total. The first kappa shape index (κ1) is 19.0. The molecule has 1 atom stereocenters. The minimum atomic E-state index is -0.336. The van der Waals surface area contributed by atoms with Gasteiger partial charge in [-0.1, -0.05) is 51.5 Å². The average Bonchev–Trinajstić information content (AvgIpc) is 2.61. The van der Waals surface area contributed by atoms with Crippen LogP contribution in [-0.2, 0) is 11.2 Å². The third-order valence-corrected chi connectivity index (χ3v) is 4.10. The molecule has 0 aromatic heterocycles. The van der Waals surface area contributed by atoms with Crippen LogP contribution in [0.15, 0.2) is 48.5 Å². The summed E-state index contributed by atoms with van der Waals surface area (Å²) in [6.45, 7) is 6.62. The van der Waals surface area contributed by atoms with E-state index in [1.807, 2.05) is 12.1 Å². The quantitative estimate of drug-likeness (QED) is 0.587. The third-order valence-electron chi connectivity index (χ3n) is 4.10. The second-order valence-corrected chi connectivity index (χ2v) is 6.75. The van der Waals surface area contributed by atoms with Crippen LogP contribution in [0.25, 0.3) is 0 Å². The highest BCUT2D eigenvalue weighted by molar-refractivity contribution is 5.89. The summed E-state index contributed by atoms with van der Waals surface area (Å²) in [7, 11) is 1.38. The van der Waals surface area contributed by atoms with E-state index < -0.39 is 0 Å². The van der Waals surface area contributed by atoms with Crippen LogP contribution in [-0.4, -0.2) is 13.1 Å². The molecule has 0 N–H and O–H groups in total. The molecule has 0 aliphatic carbocycles. The largest absolute Gasteiger partial charge is 0.486 e. The molecule has 2 aromatic rings. The van der Waals surface area contributed by atoms with Gasteiger partial charge in [-0.25, -0.2) is 4.79 Å². The van der Waals surface area contributed by atoms with Gasteiger partial charge in [0.25, 0.3) is 0 Å². The van der Waals surface area contributed by atoms with E-state index in [1.54, 1.807) is 12.1 Å². The van der Waals surface area contributed by atoms with Gasteiger partial charge < -0.3 is 9.47 Å². The summed E-state index contributed by atoms with van der Waals surface area (Å²) in [5, 5.41) is 0. The van der Waals surface area contributed by atoms with Crippen molar-refractivity contribution < 1.29 is 14.3 Å². The second kappa shape index (κ2) is 9.26. The summed E-state index contributed by atoms with van der Waals surface area (Å²) in [6, 6.07) is 15.8. The van der Waals surface area contributed by atoms with Crippen molar-refractivity contribution in [3.63, 3.8) is 0 Å². The molecule has 3 heteroatoms. The van der Waals surface area contributed by atoms with Crippen LogP contribution < -0.4 is 4.74 Å². The summed E-state index contributed by atoms with van der Waals surface area (Å²) < 4.78 is 10.9. The molecule has 0 saturated carbocycles. The SMILES string of the molecule is CCC[C@H](Oc1ccc(C(=O)OC)cc1)c1ccc(CC(C)C)cc1. The Morgan fingerprint density at radius 3 is 2.16 bits per heavy atom. The van der Waals surface area contributed by atoms with E-state index in [-0.39, 0.29) is 12.1 Å². The number of ether oxygens (including phenoxy) is 2. The van der Waals surface area contributed by atoms with Crippen molar-refractivity contribution >= 4 is 5.97 Å². The molecule has 0 aliphatic rings. The topological polar surface area (TPSA) is 35.5 Å². The fourth-order valence-corrected chi connectivity index (χ4v) is 2.85. The van der Waals surface area contributed by atoms with Gasteiger partial charge in [-0.2, -0.15) is 0 Å². The van der Waals surface area contributed by atoms with Gasteiger partial charge in [0.1, 0.15) is 11.9 Å². The van der Waals surface area contributed by atoms with E-state index in [0.717, 1.165) is 25.0 Å². The van der Waals surface area contributed by atoms with Gasteiger partial charge in [0.2, 0.25) is 0 Å². The first-order valence-corrected chi connectivity index (χ1v) is 8.97. The first-order valence-electron chi connectivity index (χ1n) is 8.97. The van der Waals surface area contributed by atoms with Crippen molar-refractivity contribution in [1.29, 1.82) is 0 Å². The van der Waals surface area contributed by atoms with E-state index in [4.69, 9.17) is 9.47 Å². The van der Waals surface area contributed by atoms with Crippen LogP contribution in [0.1, 0.15) is 61.2 Å². The Morgan fingerprint density at radius 1 is 1.00 bits per heavy atom. The van der Waals surface area contributed by atoms with E-state index in [1.165, 1.54) is 18.2 Å². The van der Waals surface area contributed by atoms with Crippen molar-refractivity contribution in [3.05, 3.63) is 65.2 Å². The number of hydrogen-bond donors (Lipinski definition) is 0. The summed E-state index contributed by atoms with van der Waals surface area (Å²) in [4.78, 5) is 11.5. The lowest BCUT2D eigenvalue weighted by atomic mass is 9.99. The number of esters is 1. The van der Waals surface area contributed by atoms with Crippen molar-refractivity contribution in [1.82, 2.24) is 0 Å². The van der Waals surface area contributed by atoms with Gasteiger partial charge in [0.15, 0.2) is 0 Å². The Hall–Kier alpha value is -2.29. The minimum Gasteiger partial charge on any atom is -0.486 e. The maximum absolute atomic E-state index is 11.5. The summed E-state index contributed by atoms with van der Waals surface area (Å²) in [6.07, 6.45) is 3.09. The Kier molecular flexibility index (Phi) is 7.05. The predicted octanol–water partition coefficient (Wildman–Crippen LogP) is 5.59. The molecule has 0 unspecified atom stereocenters. The van der Waals surface area contributed by atoms with Crippen LogP contribution in [0.5, 0.6) is 5.75 Å². The Balaban J connectivity index is 2.11. The monoisotopic (exact) mass is 340 g/mol. The fraction of sp³-hybridized carbons (Fsp3) is 0.409. The molecule has 0 bridgehead atoms. The van der Waals surface area contributed by atoms with Gasteiger partial charge >= 0.3 is 5.97 Å². The molecule has 0 heterocycles. The summed E-state index contributed by atoms with van der Waals surface area (Å²) >= 11 is 0. The van der Waals surface area contributed by atoms with Gasteiger partial charge in [-0.15, -0.1) is 0 Å². The van der Waals surface area contributed by atoms with E-state index >= 15 is 0 Å². The maximum atomic E-state index is 11.5. The molecule has 0 radical (unpaired) electrons. The standard InChI is InChI=1S/C22H28O3/c1-5-6-21(18-9-7-17(8-10-18)15-16(2)3)25-20-13-11-19(12-14-20)22(23)24-4/h7-14,16,21H,5-6,15H2,1-4H3/t21-/m0/s1. The molecule has 0 saturated heterocycles. The third kappa shape index (κ3) is 5.63. The molecule has 2 rings (SSSR count). The Morgan fingerprint density at radius 2 is 1.64 bits per heavy atom. The Bertz CT molecular complexity index is 657. The van der Waals surface area contributed by atoms with Crippen molar-refractivity contribution in [3.8, 4) is 5.75 Å². The Labute approximate surface area is 151 Å². The first-order chi connectivity index (χ1) is 12.0. The lowest BCUT2D eigenvalue weighted by Gasteiger charge is -2.20. The normalized spacial score (nSPS) is 12.0. The highest BCUT2D eigenvalue weighted by Gasteiger charge is 2.13. The molecular weight excluding hydrogens is 312 g/mol. The molecule has 2 aromatic carbocycles. The fourth-order valence-electron chi connectivity index (χ4n) is 2.85. The highest BCUT2D eigenvalue weighted by atomic mass is 16.5. The van der Waals surface area contributed by atoms with E-state index in [9.17, 15) is 4.79 Å². The van der Waals surface area contributed by atoms with Gasteiger partial charge in [-0.3, -0.25) is 0 Å². The minimum absolute atomic E-state index is 0.0158. The zero-order valence-corrected chi connectivity index (χ0v) is 15.6. The molecule has 0 aliphatic heterocycles. The number of methoxy groups -OCH3 is 1. The average molecular weight is 340 g/mol. The van der Waals surface area contributed by atoms with Gasteiger partial charge in [-0.05, 0) is 54.2 Å². The van der Waals surface area contributed by atoms with Crippen molar-refractivity contribution in [2.24, 2.45) is 5.92 Å². The second-order valence-electron chi connectivity index (χ2n) is 6.75. The number of carbonyl (C=O) groups is 1. The van der Waals surface area contributed by atoms with E-state index in [0.29, 0.717) is 11.5 Å².